The SMILES string of the molecule is CN=C(NCCC(=O)OC)NCCC1CCCC(C)C1. The first kappa shape index (κ1) is 16.8. The van der Waals surface area contributed by atoms with Crippen LogP contribution in [0.1, 0.15) is 45.4 Å². The van der Waals surface area contributed by atoms with Gasteiger partial charge in [0, 0.05) is 20.1 Å². The van der Waals surface area contributed by atoms with E-state index in [1.54, 1.807) is 7.05 Å². The van der Waals surface area contributed by atoms with Crippen molar-refractivity contribution in [3.05, 3.63) is 0 Å². The van der Waals surface area contributed by atoms with Gasteiger partial charge in [-0.2, -0.15) is 0 Å². The number of esters is 1. The monoisotopic (exact) mass is 283 g/mol. The van der Waals surface area contributed by atoms with E-state index in [2.05, 4.69) is 27.3 Å². The first-order chi connectivity index (χ1) is 9.65. The fraction of sp³-hybridized carbons (Fsp3) is 0.867. The van der Waals surface area contributed by atoms with E-state index in [9.17, 15) is 4.79 Å². The average molecular weight is 283 g/mol. The fourth-order valence-electron chi connectivity index (χ4n) is 2.82. The summed E-state index contributed by atoms with van der Waals surface area (Å²) >= 11 is 0. The lowest BCUT2D eigenvalue weighted by atomic mass is 9.81. The minimum atomic E-state index is -0.204. The largest absolute Gasteiger partial charge is 0.469 e. The number of nitrogens with zero attached hydrogens (tertiary/aromatic N) is 1. The maximum absolute atomic E-state index is 11.0. The van der Waals surface area contributed by atoms with Crippen molar-refractivity contribution in [3.63, 3.8) is 0 Å². The van der Waals surface area contributed by atoms with E-state index in [0.717, 1.165) is 24.3 Å². The highest BCUT2D eigenvalue weighted by Gasteiger charge is 2.18. The molecular weight excluding hydrogens is 254 g/mol. The molecular formula is C15H29N3O2. The Hall–Kier alpha value is -1.26. The van der Waals surface area contributed by atoms with Gasteiger partial charge in [0.1, 0.15) is 0 Å². The quantitative estimate of drug-likeness (QED) is 0.444. The molecule has 5 heteroatoms. The van der Waals surface area contributed by atoms with Gasteiger partial charge in [-0.3, -0.25) is 9.79 Å². The van der Waals surface area contributed by atoms with Crippen molar-refractivity contribution in [3.8, 4) is 0 Å². The van der Waals surface area contributed by atoms with Crippen molar-refractivity contribution >= 4 is 11.9 Å². The summed E-state index contributed by atoms with van der Waals surface area (Å²) in [6.45, 7) is 3.84. The highest BCUT2D eigenvalue weighted by molar-refractivity contribution is 5.80. The third kappa shape index (κ3) is 6.78. The Morgan fingerprint density at radius 1 is 1.30 bits per heavy atom. The van der Waals surface area contributed by atoms with Gasteiger partial charge in [0.25, 0.3) is 0 Å². The lowest BCUT2D eigenvalue weighted by Crippen LogP contribution is -2.39. The molecule has 1 rings (SSSR count). The van der Waals surface area contributed by atoms with E-state index in [1.807, 2.05) is 0 Å². The van der Waals surface area contributed by atoms with Crippen LogP contribution in [0.2, 0.25) is 0 Å². The smallest absolute Gasteiger partial charge is 0.307 e. The zero-order valence-corrected chi connectivity index (χ0v) is 13.1. The second-order valence-electron chi connectivity index (χ2n) is 5.68. The molecule has 2 unspecified atom stereocenters. The number of hydrogen-bond donors (Lipinski definition) is 2. The molecule has 2 atom stereocenters. The van der Waals surface area contributed by atoms with Crippen LogP contribution >= 0.6 is 0 Å². The average Bonchev–Trinajstić information content (AvgIpc) is 2.45. The standard InChI is InChI=1S/C15H29N3O2/c1-12-5-4-6-13(11-12)7-9-17-15(16-2)18-10-8-14(19)20-3/h12-13H,4-11H2,1-3H3,(H2,16,17,18). The highest BCUT2D eigenvalue weighted by atomic mass is 16.5. The first-order valence-electron chi connectivity index (χ1n) is 7.67. The number of ether oxygens (including phenoxy) is 1. The van der Waals surface area contributed by atoms with Crippen LogP contribution in [0.5, 0.6) is 0 Å². The number of rotatable bonds is 6. The number of hydrogen-bond acceptors (Lipinski definition) is 3. The minimum Gasteiger partial charge on any atom is -0.469 e. The predicted molar refractivity (Wildman–Crippen MR) is 81.7 cm³/mol. The summed E-state index contributed by atoms with van der Waals surface area (Å²) in [5.41, 5.74) is 0. The van der Waals surface area contributed by atoms with E-state index in [0.29, 0.717) is 13.0 Å². The minimum absolute atomic E-state index is 0.204. The molecule has 0 radical (unpaired) electrons. The third-order valence-corrected chi connectivity index (χ3v) is 3.96. The van der Waals surface area contributed by atoms with Gasteiger partial charge in [0.15, 0.2) is 5.96 Å². The normalized spacial score (nSPS) is 23.2. The van der Waals surface area contributed by atoms with Crippen molar-refractivity contribution in [2.45, 2.75) is 45.4 Å². The Bertz CT molecular complexity index is 318. The summed E-state index contributed by atoms with van der Waals surface area (Å²) in [6, 6.07) is 0. The lowest BCUT2D eigenvalue weighted by molar-refractivity contribution is -0.140. The molecule has 1 aliphatic rings. The summed E-state index contributed by atoms with van der Waals surface area (Å²) in [6.07, 6.45) is 7.04. The molecule has 0 saturated heterocycles. The Kier molecular flexibility index (Phi) is 8.07. The Morgan fingerprint density at radius 3 is 2.70 bits per heavy atom. The zero-order chi connectivity index (χ0) is 14.8. The molecule has 20 heavy (non-hydrogen) atoms. The summed E-state index contributed by atoms with van der Waals surface area (Å²) in [5.74, 6) is 2.28. The number of carbonyl (C=O) groups is 1. The molecule has 116 valence electrons. The third-order valence-electron chi connectivity index (χ3n) is 3.96. The van der Waals surface area contributed by atoms with Gasteiger partial charge in [0.05, 0.1) is 13.5 Å². The summed E-state index contributed by atoms with van der Waals surface area (Å²) in [7, 11) is 3.15. The number of nitrogens with one attached hydrogen (secondary N) is 2. The van der Waals surface area contributed by atoms with Crippen LogP contribution in [-0.4, -0.2) is 39.2 Å². The van der Waals surface area contributed by atoms with Crippen LogP contribution in [0.15, 0.2) is 4.99 Å². The molecule has 2 N–H and O–H groups in total. The molecule has 0 aliphatic heterocycles. The van der Waals surface area contributed by atoms with Gasteiger partial charge >= 0.3 is 5.97 Å². The van der Waals surface area contributed by atoms with Crippen LogP contribution in [0.3, 0.4) is 0 Å². The van der Waals surface area contributed by atoms with Crippen LogP contribution in [-0.2, 0) is 9.53 Å². The van der Waals surface area contributed by atoms with Gasteiger partial charge in [-0.25, -0.2) is 0 Å². The van der Waals surface area contributed by atoms with Crippen molar-refractivity contribution in [2.75, 3.05) is 27.2 Å². The first-order valence-corrected chi connectivity index (χ1v) is 7.67. The molecule has 0 aromatic heterocycles. The van der Waals surface area contributed by atoms with Crippen LogP contribution < -0.4 is 10.6 Å². The van der Waals surface area contributed by atoms with E-state index in [1.165, 1.54) is 39.2 Å². The lowest BCUT2D eigenvalue weighted by Gasteiger charge is -2.26. The molecule has 0 bridgehead atoms. The number of carbonyl (C=O) groups excluding carboxylic acids is 1. The molecule has 0 aromatic rings. The fourth-order valence-corrected chi connectivity index (χ4v) is 2.82. The summed E-state index contributed by atoms with van der Waals surface area (Å²) in [4.78, 5) is 15.2. The summed E-state index contributed by atoms with van der Waals surface area (Å²) < 4.78 is 4.60. The second-order valence-corrected chi connectivity index (χ2v) is 5.68. The highest BCUT2D eigenvalue weighted by Crippen LogP contribution is 2.30. The Morgan fingerprint density at radius 2 is 2.05 bits per heavy atom. The van der Waals surface area contributed by atoms with Gasteiger partial charge in [-0.05, 0) is 24.7 Å². The zero-order valence-electron chi connectivity index (χ0n) is 13.1. The van der Waals surface area contributed by atoms with E-state index in [-0.39, 0.29) is 5.97 Å². The molecule has 0 heterocycles. The van der Waals surface area contributed by atoms with Crippen molar-refractivity contribution in [1.82, 2.24) is 10.6 Å². The number of aliphatic imine (C=N–C) groups is 1. The van der Waals surface area contributed by atoms with Crippen molar-refractivity contribution in [1.29, 1.82) is 0 Å². The van der Waals surface area contributed by atoms with Crippen LogP contribution in [0.4, 0.5) is 0 Å². The van der Waals surface area contributed by atoms with Crippen molar-refractivity contribution in [2.24, 2.45) is 16.8 Å². The second kappa shape index (κ2) is 9.61. The van der Waals surface area contributed by atoms with Crippen molar-refractivity contribution < 1.29 is 9.53 Å². The maximum Gasteiger partial charge on any atom is 0.307 e. The molecule has 1 fully saturated rings. The Balaban J connectivity index is 2.13. The molecule has 5 nitrogen and oxygen atoms in total. The van der Waals surface area contributed by atoms with Gasteiger partial charge in [-0.1, -0.05) is 26.2 Å². The van der Waals surface area contributed by atoms with Crippen LogP contribution in [0, 0.1) is 11.8 Å². The van der Waals surface area contributed by atoms with Crippen LogP contribution in [0.25, 0.3) is 0 Å². The molecule has 0 spiro atoms. The summed E-state index contributed by atoms with van der Waals surface area (Å²) in [5, 5.41) is 6.43. The Labute approximate surface area is 122 Å². The predicted octanol–water partition coefficient (Wildman–Crippen LogP) is 1.93. The molecule has 1 saturated carbocycles. The van der Waals surface area contributed by atoms with Gasteiger partial charge < -0.3 is 15.4 Å². The number of methoxy groups -OCH3 is 1. The topological polar surface area (TPSA) is 62.7 Å². The van der Waals surface area contributed by atoms with Gasteiger partial charge in [0.2, 0.25) is 0 Å². The number of guanidine groups is 1. The molecule has 1 aliphatic carbocycles. The molecule has 0 amide bonds. The maximum atomic E-state index is 11.0. The van der Waals surface area contributed by atoms with Gasteiger partial charge in [-0.15, -0.1) is 0 Å². The van der Waals surface area contributed by atoms with E-state index < -0.39 is 0 Å². The van der Waals surface area contributed by atoms with E-state index in [4.69, 9.17) is 0 Å². The van der Waals surface area contributed by atoms with E-state index >= 15 is 0 Å². The molecule has 0 aromatic carbocycles.